The zero-order chi connectivity index (χ0) is 22.8. The molecule has 3 rings (SSSR count). The number of sulfone groups is 1. The van der Waals surface area contributed by atoms with Crippen LogP contribution in [-0.2, 0) is 19.4 Å². The number of hydrogen-bond donors (Lipinski definition) is 2. The standard InChI is InChI=1S/C18H14ClF3N2O6S/c19-12-7-13-14(29-9-17(26)24-13)8-15(12)31(27,28)6-5-16(25)23-10-1-3-11(4-2-10)30-18(20,21)22/h1-4,7-8H,5-6,9H2,(H,23,25)(H,24,26). The highest BCUT2D eigenvalue weighted by molar-refractivity contribution is 7.91. The fourth-order valence-corrected chi connectivity index (χ4v) is 4.45. The van der Waals surface area contributed by atoms with Crippen LogP contribution in [0.25, 0.3) is 0 Å². The zero-order valence-electron chi connectivity index (χ0n) is 15.5. The third-order valence-corrected chi connectivity index (χ3v) is 6.15. The van der Waals surface area contributed by atoms with Crippen molar-refractivity contribution in [2.45, 2.75) is 17.7 Å². The van der Waals surface area contributed by atoms with Crippen molar-refractivity contribution in [3.63, 3.8) is 0 Å². The van der Waals surface area contributed by atoms with Crippen molar-refractivity contribution in [3.05, 3.63) is 41.4 Å². The first-order chi connectivity index (χ1) is 14.4. The minimum Gasteiger partial charge on any atom is -0.482 e. The summed E-state index contributed by atoms with van der Waals surface area (Å²) in [5, 5.41) is 4.73. The molecule has 8 nitrogen and oxygen atoms in total. The summed E-state index contributed by atoms with van der Waals surface area (Å²) in [6.45, 7) is -0.274. The van der Waals surface area contributed by atoms with Crippen molar-refractivity contribution in [1.82, 2.24) is 0 Å². The molecule has 1 aliphatic heterocycles. The Morgan fingerprint density at radius 3 is 2.55 bits per heavy atom. The van der Waals surface area contributed by atoms with Crippen molar-refractivity contribution in [3.8, 4) is 11.5 Å². The maximum absolute atomic E-state index is 12.6. The van der Waals surface area contributed by atoms with E-state index >= 15 is 0 Å². The Balaban J connectivity index is 1.63. The Morgan fingerprint density at radius 2 is 1.90 bits per heavy atom. The summed E-state index contributed by atoms with van der Waals surface area (Å²) in [4.78, 5) is 23.1. The van der Waals surface area contributed by atoms with E-state index in [1.807, 2.05) is 0 Å². The van der Waals surface area contributed by atoms with Gasteiger partial charge < -0.3 is 20.1 Å². The van der Waals surface area contributed by atoms with Crippen LogP contribution in [0.1, 0.15) is 6.42 Å². The van der Waals surface area contributed by atoms with Crippen molar-refractivity contribution >= 4 is 44.6 Å². The van der Waals surface area contributed by atoms with E-state index in [2.05, 4.69) is 15.4 Å². The molecule has 1 heterocycles. The first-order valence-electron chi connectivity index (χ1n) is 8.57. The van der Waals surface area contributed by atoms with E-state index in [4.69, 9.17) is 16.3 Å². The maximum Gasteiger partial charge on any atom is 0.573 e. The quantitative estimate of drug-likeness (QED) is 0.658. The van der Waals surface area contributed by atoms with Crippen LogP contribution in [0.4, 0.5) is 24.5 Å². The summed E-state index contributed by atoms with van der Waals surface area (Å²) in [7, 11) is -3.98. The molecule has 166 valence electrons. The SMILES string of the molecule is O=C(CCS(=O)(=O)c1cc2c(cc1Cl)NC(=O)CO2)Nc1ccc(OC(F)(F)F)cc1. The Bertz CT molecular complexity index is 1120. The van der Waals surface area contributed by atoms with E-state index in [9.17, 15) is 31.2 Å². The molecule has 0 spiro atoms. The molecule has 31 heavy (non-hydrogen) atoms. The molecule has 0 saturated heterocycles. The molecule has 0 unspecified atom stereocenters. The third kappa shape index (κ3) is 6.01. The number of amides is 2. The van der Waals surface area contributed by atoms with Gasteiger partial charge in [0.15, 0.2) is 16.4 Å². The molecule has 0 atom stereocenters. The van der Waals surface area contributed by atoms with Gasteiger partial charge in [0.05, 0.1) is 21.4 Å². The maximum atomic E-state index is 12.6. The van der Waals surface area contributed by atoms with E-state index in [0.717, 1.165) is 12.1 Å². The van der Waals surface area contributed by atoms with Gasteiger partial charge in [-0.3, -0.25) is 9.59 Å². The number of carbonyl (C=O) groups is 2. The molecule has 13 heteroatoms. The van der Waals surface area contributed by atoms with E-state index in [1.165, 1.54) is 24.3 Å². The van der Waals surface area contributed by atoms with E-state index in [0.29, 0.717) is 0 Å². The first-order valence-corrected chi connectivity index (χ1v) is 10.6. The van der Waals surface area contributed by atoms with Crippen LogP contribution in [0, 0.1) is 0 Å². The lowest BCUT2D eigenvalue weighted by Crippen LogP contribution is -2.25. The predicted octanol–water partition coefficient (Wildman–Crippen LogP) is 3.37. The predicted molar refractivity (Wildman–Crippen MR) is 104 cm³/mol. The summed E-state index contributed by atoms with van der Waals surface area (Å²) < 4.78 is 70.6. The fourth-order valence-electron chi connectivity index (χ4n) is 2.62. The fraction of sp³-hybridized carbons (Fsp3) is 0.222. The average Bonchev–Trinajstić information content (AvgIpc) is 2.66. The molecule has 0 fully saturated rings. The van der Waals surface area contributed by atoms with Crippen LogP contribution >= 0.6 is 11.6 Å². The van der Waals surface area contributed by atoms with Crippen molar-refractivity contribution in [2.24, 2.45) is 0 Å². The van der Waals surface area contributed by atoms with Gasteiger partial charge in [-0.2, -0.15) is 0 Å². The number of fused-ring (bicyclic) bond motifs is 1. The van der Waals surface area contributed by atoms with Crippen molar-refractivity contribution in [1.29, 1.82) is 0 Å². The second-order valence-electron chi connectivity index (χ2n) is 6.30. The molecule has 0 aromatic heterocycles. The Morgan fingerprint density at radius 1 is 1.23 bits per heavy atom. The molecule has 0 radical (unpaired) electrons. The Hall–Kier alpha value is -2.99. The third-order valence-electron chi connectivity index (χ3n) is 3.97. The largest absolute Gasteiger partial charge is 0.573 e. The van der Waals surface area contributed by atoms with Crippen LogP contribution in [0.15, 0.2) is 41.3 Å². The van der Waals surface area contributed by atoms with Gasteiger partial charge in [-0.1, -0.05) is 11.6 Å². The summed E-state index contributed by atoms with van der Waals surface area (Å²) in [5.41, 5.74) is 0.392. The van der Waals surface area contributed by atoms with E-state index in [1.54, 1.807) is 0 Å². The second-order valence-corrected chi connectivity index (χ2v) is 8.79. The van der Waals surface area contributed by atoms with Crippen LogP contribution in [0.3, 0.4) is 0 Å². The number of halogens is 4. The van der Waals surface area contributed by atoms with Gasteiger partial charge in [0.25, 0.3) is 5.91 Å². The number of hydrogen-bond acceptors (Lipinski definition) is 6. The molecule has 1 aliphatic rings. The van der Waals surface area contributed by atoms with Gasteiger partial charge in [0.2, 0.25) is 5.91 Å². The number of carbonyl (C=O) groups excluding carboxylic acids is 2. The molecular weight excluding hydrogens is 465 g/mol. The summed E-state index contributed by atoms with van der Waals surface area (Å²) in [6, 6.07) is 6.78. The monoisotopic (exact) mass is 478 g/mol. The lowest BCUT2D eigenvalue weighted by Gasteiger charge is -2.19. The summed E-state index contributed by atoms with van der Waals surface area (Å²) >= 11 is 6.02. The molecule has 2 amide bonds. The normalized spacial score (nSPS) is 13.6. The topological polar surface area (TPSA) is 111 Å². The molecule has 0 bridgehead atoms. The van der Waals surface area contributed by atoms with Gasteiger partial charge in [0.1, 0.15) is 11.5 Å². The zero-order valence-corrected chi connectivity index (χ0v) is 17.0. The highest BCUT2D eigenvalue weighted by Crippen LogP contribution is 2.36. The Kier molecular flexibility index (Phi) is 6.32. The molecule has 0 saturated carbocycles. The summed E-state index contributed by atoms with van der Waals surface area (Å²) in [5.74, 6) is -2.00. The molecule has 2 aromatic rings. The van der Waals surface area contributed by atoms with Crippen LogP contribution in [-0.4, -0.2) is 39.0 Å². The smallest absolute Gasteiger partial charge is 0.482 e. The van der Waals surface area contributed by atoms with Gasteiger partial charge in [-0.15, -0.1) is 13.2 Å². The van der Waals surface area contributed by atoms with Crippen molar-refractivity contribution in [2.75, 3.05) is 23.0 Å². The van der Waals surface area contributed by atoms with Gasteiger partial charge in [0, 0.05) is 18.2 Å². The highest BCUT2D eigenvalue weighted by atomic mass is 35.5. The number of rotatable bonds is 6. The summed E-state index contributed by atoms with van der Waals surface area (Å²) in [6.07, 6.45) is -5.28. The van der Waals surface area contributed by atoms with Gasteiger partial charge in [-0.25, -0.2) is 8.42 Å². The number of alkyl halides is 3. The minimum absolute atomic E-state index is 0.133. The van der Waals surface area contributed by atoms with E-state index < -0.39 is 45.9 Å². The number of ether oxygens (including phenoxy) is 2. The van der Waals surface area contributed by atoms with E-state index in [-0.39, 0.29) is 33.6 Å². The van der Waals surface area contributed by atoms with Gasteiger partial charge >= 0.3 is 6.36 Å². The number of benzene rings is 2. The average molecular weight is 479 g/mol. The molecule has 0 aliphatic carbocycles. The second kappa shape index (κ2) is 8.63. The lowest BCUT2D eigenvalue weighted by atomic mass is 10.2. The number of nitrogens with one attached hydrogen (secondary N) is 2. The van der Waals surface area contributed by atoms with Crippen LogP contribution in [0.5, 0.6) is 11.5 Å². The number of anilines is 2. The first kappa shape index (κ1) is 22.7. The van der Waals surface area contributed by atoms with Crippen molar-refractivity contribution < 1.29 is 40.7 Å². The van der Waals surface area contributed by atoms with Crippen LogP contribution in [0.2, 0.25) is 5.02 Å². The van der Waals surface area contributed by atoms with Gasteiger partial charge in [-0.05, 0) is 30.3 Å². The molecule has 2 aromatic carbocycles. The lowest BCUT2D eigenvalue weighted by molar-refractivity contribution is -0.274. The Labute approximate surface area is 179 Å². The molecule has 2 N–H and O–H groups in total. The minimum atomic E-state index is -4.84. The molecular formula is C18H14ClF3N2O6S. The highest BCUT2D eigenvalue weighted by Gasteiger charge is 2.31. The van der Waals surface area contributed by atoms with Crippen LogP contribution < -0.4 is 20.1 Å².